The van der Waals surface area contributed by atoms with Crippen molar-refractivity contribution in [3.8, 4) is 11.5 Å². The number of aryl methyl sites for hydroxylation is 1. The van der Waals surface area contributed by atoms with E-state index in [4.69, 9.17) is 14.6 Å². The van der Waals surface area contributed by atoms with Crippen LogP contribution in [0.2, 0.25) is 0 Å². The number of nitrogens with zero attached hydrogens (tertiary/aromatic N) is 4. The van der Waals surface area contributed by atoms with Crippen LogP contribution in [0, 0.1) is 0 Å². The third kappa shape index (κ3) is 7.79. The van der Waals surface area contributed by atoms with Crippen molar-refractivity contribution in [2.75, 3.05) is 36.0 Å². The summed E-state index contributed by atoms with van der Waals surface area (Å²) in [5.41, 5.74) is 2.10. The second kappa shape index (κ2) is 13.1. The molecule has 17 heteroatoms. The number of imide groups is 1. The summed E-state index contributed by atoms with van der Waals surface area (Å²) < 4.78 is 76.2. The molecule has 49 heavy (non-hydrogen) atoms. The molecule has 1 saturated heterocycles. The van der Waals surface area contributed by atoms with Crippen molar-refractivity contribution in [1.29, 1.82) is 0 Å². The third-order valence-corrected chi connectivity index (χ3v) is 11.0. The van der Waals surface area contributed by atoms with Crippen LogP contribution >= 0.6 is 0 Å². The van der Waals surface area contributed by atoms with E-state index >= 15 is 0 Å². The van der Waals surface area contributed by atoms with Gasteiger partial charge < -0.3 is 19.0 Å². The van der Waals surface area contributed by atoms with Gasteiger partial charge in [-0.2, -0.15) is 8.42 Å². The van der Waals surface area contributed by atoms with E-state index in [0.29, 0.717) is 64.9 Å². The van der Waals surface area contributed by atoms with E-state index < -0.39 is 55.2 Å². The minimum absolute atomic E-state index is 0.00789. The van der Waals surface area contributed by atoms with Gasteiger partial charge in [0.2, 0.25) is 5.36 Å². The first-order valence-electron chi connectivity index (χ1n) is 16.2. The molecule has 0 bridgehead atoms. The lowest BCUT2D eigenvalue weighted by Crippen LogP contribution is -2.50. The maximum Gasteiger partial charge on any atom is 0.333 e. The summed E-state index contributed by atoms with van der Waals surface area (Å²) in [6.45, 7) is 5.31. The summed E-state index contributed by atoms with van der Waals surface area (Å²) in [5, 5.41) is 1.99. The molecule has 2 amide bonds. The monoisotopic (exact) mass is 718 g/mol. The Kier molecular flexibility index (Phi) is 9.32. The molecule has 0 aromatic heterocycles. The van der Waals surface area contributed by atoms with Crippen LogP contribution in [0.25, 0.3) is 0 Å². The van der Waals surface area contributed by atoms with Gasteiger partial charge in [0.05, 0.1) is 21.9 Å². The number of fused-ring (bicyclic) bond motifs is 4. The Morgan fingerprint density at radius 3 is 2.51 bits per heavy atom. The van der Waals surface area contributed by atoms with Crippen LogP contribution in [-0.4, -0.2) is 85.5 Å². The summed E-state index contributed by atoms with van der Waals surface area (Å²) in [6.07, 6.45) is 2.41. The summed E-state index contributed by atoms with van der Waals surface area (Å²) >= 11 is 0. The Hall–Kier alpha value is -3.93. The number of rotatable bonds is 11. The number of benzene rings is 2. The lowest BCUT2D eigenvalue weighted by atomic mass is 9.79. The number of hydroxylamine groups is 2. The molecule has 4 aliphatic heterocycles. The highest BCUT2D eigenvalue weighted by Gasteiger charge is 2.40. The van der Waals surface area contributed by atoms with Gasteiger partial charge in [-0.1, -0.05) is 0 Å². The smallest absolute Gasteiger partial charge is 0.333 e. The summed E-state index contributed by atoms with van der Waals surface area (Å²) in [7, 11) is -8.66. The molecule has 1 unspecified atom stereocenters. The molecule has 4 heterocycles. The van der Waals surface area contributed by atoms with Gasteiger partial charge in [-0.05, 0) is 50.8 Å². The summed E-state index contributed by atoms with van der Waals surface area (Å²) in [4.78, 5) is 48.1. The Balaban J connectivity index is 1.31. The first-order valence-corrected chi connectivity index (χ1v) is 19.4. The summed E-state index contributed by atoms with van der Waals surface area (Å²) in [6, 6.07) is 7.33. The molecule has 1 atom stereocenters. The molecule has 4 aliphatic rings. The number of carbonyl (C=O) groups excluding carboxylic acids is 3. The molecule has 15 nitrogen and oxygen atoms in total. The van der Waals surface area contributed by atoms with Gasteiger partial charge in [-0.25, -0.2) is 22.8 Å². The Morgan fingerprint density at radius 2 is 1.82 bits per heavy atom. The van der Waals surface area contributed by atoms with E-state index in [1.165, 1.54) is 0 Å². The standard InChI is InChI=1S/C32H38N4O11S2/c1-32(2)18-21(19-49(43,44)45)22-15-24-28(17-26(22)35(32)12-4-7-31(39)47-36-29(37)8-9-30(36)38)46-27-16-25-20(14-23(27)33-24)6-3-10-34(25)11-5-13-48(40,41)42/h14-17,21H,3-13,18-19H2,1-2H3,(H-,40,41,42,43,44,45). The zero-order valence-corrected chi connectivity index (χ0v) is 28.8. The van der Waals surface area contributed by atoms with Crippen LogP contribution in [0.3, 0.4) is 0 Å². The van der Waals surface area contributed by atoms with Crippen molar-refractivity contribution in [3.63, 3.8) is 0 Å². The van der Waals surface area contributed by atoms with Gasteiger partial charge in [0.25, 0.3) is 21.9 Å². The van der Waals surface area contributed by atoms with Gasteiger partial charge in [0.15, 0.2) is 11.5 Å². The van der Waals surface area contributed by atoms with Gasteiger partial charge in [0, 0.05) is 73.2 Å². The molecule has 2 aromatic carbocycles. The number of amides is 2. The first kappa shape index (κ1) is 34.9. The van der Waals surface area contributed by atoms with Crippen molar-refractivity contribution < 1.29 is 49.9 Å². The molecule has 2 aromatic rings. The second-order valence-corrected chi connectivity index (χ2v) is 16.5. The maximum absolute atomic E-state index is 12.5. The maximum atomic E-state index is 12.5. The average molecular weight is 719 g/mol. The molecule has 1 N–H and O–H groups in total. The zero-order chi connectivity index (χ0) is 35.3. The molecular formula is C32H38N4O11S2. The van der Waals surface area contributed by atoms with Crippen LogP contribution < -0.4 is 24.9 Å². The minimum atomic E-state index is -4.59. The SMILES string of the molecule is CC1(C)CC(CS(=O)(=O)[O-])c2cc3c(cc2N1CCCC(=O)ON1C(=O)CCC1=O)Oc1cc2c(cc1=N3)CCC[N+]=2CCCS(=O)(=O)O. The highest BCUT2D eigenvalue weighted by Crippen LogP contribution is 2.49. The van der Waals surface area contributed by atoms with Crippen molar-refractivity contribution in [2.45, 2.75) is 76.7 Å². The molecule has 0 spiro atoms. The number of anilines is 1. The van der Waals surface area contributed by atoms with Gasteiger partial charge >= 0.3 is 5.97 Å². The molecule has 0 saturated carbocycles. The van der Waals surface area contributed by atoms with E-state index in [-0.39, 0.29) is 37.9 Å². The topological polar surface area (TPSA) is 203 Å². The van der Waals surface area contributed by atoms with Crippen LogP contribution in [0.4, 0.5) is 11.4 Å². The predicted octanol–water partition coefficient (Wildman–Crippen LogP) is 1.46. The fourth-order valence-electron chi connectivity index (χ4n) is 7.22. The fraction of sp³-hybridized carbons (Fsp3) is 0.531. The Morgan fingerprint density at radius 1 is 1.08 bits per heavy atom. The Bertz CT molecular complexity index is 2060. The quantitative estimate of drug-likeness (QED) is 0.170. The van der Waals surface area contributed by atoms with Crippen LogP contribution in [-0.2, 0) is 45.9 Å². The highest BCUT2D eigenvalue weighted by atomic mass is 32.2. The Labute approximate surface area is 283 Å². The van der Waals surface area contributed by atoms with Crippen LogP contribution in [0.5, 0.6) is 11.5 Å². The first-order chi connectivity index (χ1) is 23.0. The van der Waals surface area contributed by atoms with Gasteiger partial charge in [-0.15, -0.1) is 5.06 Å². The number of carbonyl (C=O) groups is 3. The molecular weight excluding hydrogens is 681 g/mol. The highest BCUT2D eigenvalue weighted by molar-refractivity contribution is 7.86. The van der Waals surface area contributed by atoms with Crippen molar-refractivity contribution in [1.82, 2.24) is 9.64 Å². The molecule has 0 aliphatic carbocycles. The van der Waals surface area contributed by atoms with Crippen molar-refractivity contribution in [3.05, 3.63) is 46.1 Å². The van der Waals surface area contributed by atoms with E-state index in [1.807, 2.05) is 30.9 Å². The third-order valence-electron chi connectivity index (χ3n) is 9.35. The van der Waals surface area contributed by atoms with Gasteiger partial charge in [-0.3, -0.25) is 14.1 Å². The second-order valence-electron chi connectivity index (χ2n) is 13.5. The molecule has 264 valence electrons. The number of ether oxygens (including phenoxy) is 1. The van der Waals surface area contributed by atoms with E-state index in [2.05, 4.69) is 4.58 Å². The molecule has 0 radical (unpaired) electrons. The fourth-order valence-corrected chi connectivity index (χ4v) is 8.51. The zero-order valence-electron chi connectivity index (χ0n) is 27.2. The van der Waals surface area contributed by atoms with Gasteiger partial charge in [0.1, 0.15) is 24.1 Å². The molecule has 6 rings (SSSR count). The lowest BCUT2D eigenvalue weighted by Gasteiger charge is -2.48. The average Bonchev–Trinajstić information content (AvgIpc) is 3.30. The van der Waals surface area contributed by atoms with E-state index in [1.54, 1.807) is 12.1 Å². The van der Waals surface area contributed by atoms with Crippen LogP contribution in [0.1, 0.15) is 75.8 Å². The molecule has 1 fully saturated rings. The summed E-state index contributed by atoms with van der Waals surface area (Å²) in [5.74, 6) is -2.51. The van der Waals surface area contributed by atoms with Crippen molar-refractivity contribution in [2.24, 2.45) is 4.99 Å². The predicted molar refractivity (Wildman–Crippen MR) is 173 cm³/mol. The van der Waals surface area contributed by atoms with Crippen LogP contribution in [0.15, 0.2) is 29.3 Å². The van der Waals surface area contributed by atoms with E-state index in [9.17, 15) is 40.3 Å². The number of hydrogen-bond donors (Lipinski definition) is 1. The lowest BCUT2D eigenvalue weighted by molar-refractivity contribution is -0.197. The normalized spacial score (nSPS) is 19.8. The van der Waals surface area contributed by atoms with E-state index in [0.717, 1.165) is 23.8 Å². The van der Waals surface area contributed by atoms with Crippen molar-refractivity contribution >= 4 is 49.4 Å². The minimum Gasteiger partial charge on any atom is -0.748 e. The largest absolute Gasteiger partial charge is 0.748 e. The number of hydrogen-bond acceptors (Lipinski definition) is 12.